The number of aromatic amines is 1. The standard InChI is InChI=1S/C15H25N5O.ClH/c1-3-19(4-2)11-6-8-20(10-11)15(21)14-12-9-16-7-5-13(12)17-18-14;/h11,16H,3-10H2,1-2H3,(H,17,18);1H. The number of rotatable bonds is 4. The van der Waals surface area contributed by atoms with Gasteiger partial charge < -0.3 is 10.2 Å². The maximum atomic E-state index is 12.7. The van der Waals surface area contributed by atoms with Gasteiger partial charge in [0.2, 0.25) is 0 Å². The Hall–Kier alpha value is -1.11. The summed E-state index contributed by atoms with van der Waals surface area (Å²) in [5.74, 6) is 0.0888. The molecule has 3 rings (SSSR count). The zero-order valence-electron chi connectivity index (χ0n) is 13.4. The third-order valence-electron chi connectivity index (χ3n) is 4.79. The monoisotopic (exact) mass is 327 g/mol. The van der Waals surface area contributed by atoms with Crippen molar-refractivity contribution < 1.29 is 4.79 Å². The molecule has 0 aromatic carbocycles. The number of hydrogen-bond acceptors (Lipinski definition) is 4. The molecule has 1 aromatic heterocycles. The van der Waals surface area contributed by atoms with Gasteiger partial charge in [-0.2, -0.15) is 5.10 Å². The number of aromatic nitrogens is 2. The molecule has 2 aliphatic rings. The Bertz CT molecular complexity index is 514. The van der Waals surface area contributed by atoms with E-state index in [1.54, 1.807) is 0 Å². The van der Waals surface area contributed by atoms with Crippen LogP contribution >= 0.6 is 12.4 Å². The molecule has 0 aliphatic carbocycles. The maximum absolute atomic E-state index is 12.7. The number of H-pyrrole nitrogens is 1. The van der Waals surface area contributed by atoms with Crippen LogP contribution in [0.2, 0.25) is 0 Å². The molecule has 1 aromatic rings. The third-order valence-corrected chi connectivity index (χ3v) is 4.79. The number of halogens is 1. The number of nitrogens with zero attached hydrogens (tertiary/aromatic N) is 3. The number of likely N-dealkylation sites (tertiary alicyclic amines) is 1. The van der Waals surface area contributed by atoms with Crippen molar-refractivity contribution in [2.45, 2.75) is 39.3 Å². The summed E-state index contributed by atoms with van der Waals surface area (Å²) in [6.45, 7) is 9.84. The molecule has 0 spiro atoms. The van der Waals surface area contributed by atoms with E-state index in [9.17, 15) is 4.79 Å². The lowest BCUT2D eigenvalue weighted by Crippen LogP contribution is -2.39. The van der Waals surface area contributed by atoms with Crippen LogP contribution in [0.4, 0.5) is 0 Å². The van der Waals surface area contributed by atoms with Gasteiger partial charge in [0.05, 0.1) is 0 Å². The van der Waals surface area contributed by atoms with Gasteiger partial charge in [0.25, 0.3) is 5.91 Å². The Balaban J connectivity index is 0.00000176. The molecule has 3 heterocycles. The second kappa shape index (κ2) is 7.44. The summed E-state index contributed by atoms with van der Waals surface area (Å²) in [4.78, 5) is 17.1. The van der Waals surface area contributed by atoms with Crippen molar-refractivity contribution in [2.75, 3.05) is 32.7 Å². The molecule has 2 N–H and O–H groups in total. The lowest BCUT2D eigenvalue weighted by Gasteiger charge is -2.26. The Morgan fingerprint density at radius 1 is 1.41 bits per heavy atom. The molecule has 6 nitrogen and oxygen atoms in total. The molecule has 124 valence electrons. The highest BCUT2D eigenvalue weighted by molar-refractivity contribution is 5.94. The Morgan fingerprint density at radius 3 is 2.91 bits per heavy atom. The fraction of sp³-hybridized carbons (Fsp3) is 0.733. The normalized spacial score (nSPS) is 20.9. The van der Waals surface area contributed by atoms with E-state index in [2.05, 4.69) is 34.3 Å². The Morgan fingerprint density at radius 2 is 2.18 bits per heavy atom. The minimum atomic E-state index is 0. The van der Waals surface area contributed by atoms with E-state index in [0.29, 0.717) is 11.7 Å². The van der Waals surface area contributed by atoms with Crippen molar-refractivity contribution in [1.29, 1.82) is 0 Å². The van der Waals surface area contributed by atoms with Crippen molar-refractivity contribution in [2.24, 2.45) is 0 Å². The van der Waals surface area contributed by atoms with Crippen LogP contribution in [0.15, 0.2) is 0 Å². The summed E-state index contributed by atoms with van der Waals surface area (Å²) in [5, 5.41) is 10.6. The Kier molecular flexibility index (Phi) is 5.83. The summed E-state index contributed by atoms with van der Waals surface area (Å²) in [6, 6.07) is 0.497. The van der Waals surface area contributed by atoms with E-state index in [4.69, 9.17) is 0 Å². The quantitative estimate of drug-likeness (QED) is 0.867. The van der Waals surface area contributed by atoms with Crippen LogP contribution in [-0.4, -0.2) is 64.7 Å². The minimum Gasteiger partial charge on any atom is -0.336 e. The first-order chi connectivity index (χ1) is 10.2. The van der Waals surface area contributed by atoms with E-state index >= 15 is 0 Å². The van der Waals surface area contributed by atoms with E-state index in [1.165, 1.54) is 0 Å². The van der Waals surface area contributed by atoms with Crippen LogP contribution in [0.3, 0.4) is 0 Å². The number of carbonyl (C=O) groups is 1. The molecular weight excluding hydrogens is 302 g/mol. The highest BCUT2D eigenvalue weighted by Crippen LogP contribution is 2.21. The summed E-state index contributed by atoms with van der Waals surface area (Å²) >= 11 is 0. The van der Waals surface area contributed by atoms with Crippen LogP contribution in [0.5, 0.6) is 0 Å². The first-order valence-electron chi connectivity index (χ1n) is 8.04. The zero-order chi connectivity index (χ0) is 14.8. The van der Waals surface area contributed by atoms with Crippen LogP contribution < -0.4 is 5.32 Å². The fourth-order valence-corrected chi connectivity index (χ4v) is 3.52. The molecule has 0 saturated carbocycles. The first-order valence-corrected chi connectivity index (χ1v) is 8.04. The van der Waals surface area contributed by atoms with Gasteiger partial charge in [0.15, 0.2) is 5.69 Å². The van der Waals surface area contributed by atoms with Gasteiger partial charge in [-0.15, -0.1) is 12.4 Å². The Labute approximate surface area is 138 Å². The van der Waals surface area contributed by atoms with Crippen molar-refractivity contribution in [3.8, 4) is 0 Å². The molecule has 22 heavy (non-hydrogen) atoms. The number of amides is 1. The van der Waals surface area contributed by atoms with Crippen LogP contribution in [-0.2, 0) is 13.0 Å². The van der Waals surface area contributed by atoms with Crippen molar-refractivity contribution in [1.82, 2.24) is 25.3 Å². The molecular formula is C15H26ClN5O. The molecule has 1 atom stereocenters. The molecule has 1 fully saturated rings. The third kappa shape index (κ3) is 3.14. The largest absolute Gasteiger partial charge is 0.336 e. The number of carbonyl (C=O) groups excluding carboxylic acids is 1. The molecule has 1 saturated heterocycles. The smallest absolute Gasteiger partial charge is 0.274 e. The topological polar surface area (TPSA) is 64.3 Å². The molecule has 7 heteroatoms. The summed E-state index contributed by atoms with van der Waals surface area (Å²) in [7, 11) is 0. The number of fused-ring (bicyclic) bond motifs is 1. The fourth-order valence-electron chi connectivity index (χ4n) is 3.52. The van der Waals surface area contributed by atoms with Gasteiger partial charge in [-0.1, -0.05) is 13.8 Å². The van der Waals surface area contributed by atoms with Gasteiger partial charge in [-0.05, 0) is 19.5 Å². The predicted molar refractivity (Wildman–Crippen MR) is 88.5 cm³/mol. The van der Waals surface area contributed by atoms with Gasteiger partial charge in [-0.25, -0.2) is 0 Å². The SMILES string of the molecule is CCN(CC)C1CCN(C(=O)c2n[nH]c3c2CNCC3)C1.Cl. The zero-order valence-corrected chi connectivity index (χ0v) is 14.2. The highest BCUT2D eigenvalue weighted by atomic mass is 35.5. The molecule has 2 aliphatic heterocycles. The lowest BCUT2D eigenvalue weighted by atomic mass is 10.1. The van der Waals surface area contributed by atoms with Crippen LogP contribution in [0, 0.1) is 0 Å². The molecule has 1 amide bonds. The minimum absolute atomic E-state index is 0. The number of nitrogens with one attached hydrogen (secondary N) is 2. The molecule has 1 unspecified atom stereocenters. The van der Waals surface area contributed by atoms with Gasteiger partial charge in [0, 0.05) is 49.9 Å². The average molecular weight is 328 g/mol. The van der Waals surface area contributed by atoms with E-state index in [0.717, 1.165) is 63.4 Å². The van der Waals surface area contributed by atoms with Gasteiger partial charge in [-0.3, -0.25) is 14.8 Å². The van der Waals surface area contributed by atoms with Crippen molar-refractivity contribution in [3.63, 3.8) is 0 Å². The average Bonchev–Trinajstić information content (AvgIpc) is 3.15. The first kappa shape index (κ1) is 17.2. The maximum Gasteiger partial charge on any atom is 0.274 e. The summed E-state index contributed by atoms with van der Waals surface area (Å²) in [6.07, 6.45) is 2.00. The van der Waals surface area contributed by atoms with Crippen molar-refractivity contribution >= 4 is 18.3 Å². The highest BCUT2D eigenvalue weighted by Gasteiger charge is 2.32. The van der Waals surface area contributed by atoms with E-state index in [1.807, 2.05) is 4.90 Å². The summed E-state index contributed by atoms with van der Waals surface area (Å²) in [5.41, 5.74) is 2.81. The van der Waals surface area contributed by atoms with E-state index < -0.39 is 0 Å². The van der Waals surface area contributed by atoms with Crippen LogP contribution in [0.1, 0.15) is 42.0 Å². The van der Waals surface area contributed by atoms with Gasteiger partial charge in [0.1, 0.15) is 0 Å². The number of likely N-dealkylation sites (N-methyl/N-ethyl adjacent to an activating group) is 1. The number of hydrogen-bond donors (Lipinski definition) is 2. The second-order valence-corrected chi connectivity index (χ2v) is 5.87. The predicted octanol–water partition coefficient (Wildman–Crippen LogP) is 1.03. The van der Waals surface area contributed by atoms with Gasteiger partial charge >= 0.3 is 0 Å². The molecule has 0 bridgehead atoms. The van der Waals surface area contributed by atoms with E-state index in [-0.39, 0.29) is 18.3 Å². The second-order valence-electron chi connectivity index (χ2n) is 5.87. The molecule has 0 radical (unpaired) electrons. The van der Waals surface area contributed by atoms with Crippen molar-refractivity contribution in [3.05, 3.63) is 17.0 Å². The van der Waals surface area contributed by atoms with Crippen LogP contribution in [0.25, 0.3) is 0 Å². The summed E-state index contributed by atoms with van der Waals surface area (Å²) < 4.78 is 0. The lowest BCUT2D eigenvalue weighted by molar-refractivity contribution is 0.0771.